The summed E-state index contributed by atoms with van der Waals surface area (Å²) in [5.74, 6) is 0.351. The third-order valence-electron chi connectivity index (χ3n) is 3.95. The fourth-order valence-electron chi connectivity index (χ4n) is 2.93. The Balaban J connectivity index is 2.28. The van der Waals surface area contributed by atoms with Crippen molar-refractivity contribution in [2.75, 3.05) is 0 Å². The average molecular weight is 165 g/mol. The zero-order valence-corrected chi connectivity index (χ0v) is 7.52. The third kappa shape index (κ3) is 0.809. The molecule has 2 nitrogen and oxygen atoms in total. The Morgan fingerprint density at radius 1 is 1.33 bits per heavy atom. The van der Waals surface area contributed by atoms with E-state index in [4.69, 9.17) is 5.41 Å². The number of hydrogen-bond acceptors (Lipinski definition) is 2. The van der Waals surface area contributed by atoms with Gasteiger partial charge in [-0.3, -0.25) is 4.79 Å². The normalized spacial score (nSPS) is 44.8. The summed E-state index contributed by atoms with van der Waals surface area (Å²) in [4.78, 5) is 11.4. The van der Waals surface area contributed by atoms with E-state index >= 15 is 0 Å². The standard InChI is InChI=1S/C10H15NO/c1-8(12)10-4-2-9(6-10,7-11)3-5-10/h7,11H,2-6H2,1H3. The van der Waals surface area contributed by atoms with E-state index < -0.39 is 0 Å². The molecule has 2 fully saturated rings. The van der Waals surface area contributed by atoms with Gasteiger partial charge in [-0.1, -0.05) is 0 Å². The molecule has 0 aromatic heterocycles. The minimum atomic E-state index is -0.0163. The minimum absolute atomic E-state index is 0.0163. The zero-order valence-electron chi connectivity index (χ0n) is 7.52. The predicted molar refractivity (Wildman–Crippen MR) is 47.4 cm³/mol. The molecular formula is C10H15NO. The Morgan fingerprint density at radius 2 is 1.92 bits per heavy atom. The van der Waals surface area contributed by atoms with Crippen LogP contribution in [0.5, 0.6) is 0 Å². The highest BCUT2D eigenvalue weighted by atomic mass is 16.1. The first-order chi connectivity index (χ1) is 5.63. The van der Waals surface area contributed by atoms with Crippen molar-refractivity contribution < 1.29 is 4.79 Å². The molecule has 0 saturated heterocycles. The fraction of sp³-hybridized carbons (Fsp3) is 0.800. The van der Waals surface area contributed by atoms with Crippen molar-refractivity contribution in [3.8, 4) is 0 Å². The Morgan fingerprint density at radius 3 is 2.17 bits per heavy atom. The average Bonchev–Trinajstić information content (AvgIpc) is 2.61. The summed E-state index contributed by atoms with van der Waals surface area (Å²) < 4.78 is 0. The van der Waals surface area contributed by atoms with Crippen LogP contribution in [-0.2, 0) is 4.79 Å². The molecule has 2 heteroatoms. The molecule has 2 bridgehead atoms. The fourth-order valence-corrected chi connectivity index (χ4v) is 2.93. The Bertz CT molecular complexity index is 236. The molecular weight excluding hydrogens is 150 g/mol. The Hall–Kier alpha value is -0.660. The second-order valence-electron chi connectivity index (χ2n) is 4.52. The Kier molecular flexibility index (Phi) is 1.45. The van der Waals surface area contributed by atoms with Crippen LogP contribution in [0.4, 0.5) is 0 Å². The lowest BCUT2D eigenvalue weighted by atomic mass is 9.80. The molecule has 12 heavy (non-hydrogen) atoms. The maximum atomic E-state index is 11.4. The molecule has 0 atom stereocenters. The van der Waals surface area contributed by atoms with Crippen LogP contribution in [0.25, 0.3) is 0 Å². The highest BCUT2D eigenvalue weighted by Gasteiger charge is 2.55. The number of fused-ring (bicyclic) bond motifs is 2. The molecule has 0 aromatic rings. The topological polar surface area (TPSA) is 40.9 Å². The van der Waals surface area contributed by atoms with Crippen LogP contribution in [-0.4, -0.2) is 12.0 Å². The molecule has 66 valence electrons. The summed E-state index contributed by atoms with van der Waals surface area (Å²) in [6, 6.07) is 0. The number of rotatable bonds is 2. The number of Topliss-reactive ketones (excluding diaryl/α,β-unsaturated/α-hetero) is 1. The smallest absolute Gasteiger partial charge is 0.135 e. The van der Waals surface area contributed by atoms with Crippen molar-refractivity contribution in [2.45, 2.75) is 39.0 Å². The highest BCUT2D eigenvalue weighted by Crippen LogP contribution is 2.60. The molecule has 0 aliphatic heterocycles. The molecule has 2 aliphatic carbocycles. The lowest BCUT2D eigenvalue weighted by Gasteiger charge is -2.23. The number of ketones is 1. The minimum Gasteiger partial charge on any atom is -0.313 e. The largest absolute Gasteiger partial charge is 0.313 e. The van der Waals surface area contributed by atoms with Crippen molar-refractivity contribution in [1.29, 1.82) is 5.41 Å². The van der Waals surface area contributed by atoms with Crippen LogP contribution < -0.4 is 0 Å². The van der Waals surface area contributed by atoms with Gasteiger partial charge in [0.05, 0.1) is 0 Å². The molecule has 2 rings (SSSR count). The first-order valence-electron chi connectivity index (χ1n) is 4.65. The second-order valence-corrected chi connectivity index (χ2v) is 4.52. The van der Waals surface area contributed by atoms with Gasteiger partial charge in [0.2, 0.25) is 0 Å². The zero-order chi connectivity index (χ0) is 8.82. The van der Waals surface area contributed by atoms with Gasteiger partial charge in [-0.05, 0) is 39.0 Å². The van der Waals surface area contributed by atoms with Crippen LogP contribution in [0.2, 0.25) is 0 Å². The first-order valence-corrected chi connectivity index (χ1v) is 4.65. The summed E-state index contributed by atoms with van der Waals surface area (Å²) in [7, 11) is 0. The third-order valence-corrected chi connectivity index (χ3v) is 3.95. The molecule has 2 saturated carbocycles. The monoisotopic (exact) mass is 165 g/mol. The summed E-state index contributed by atoms with van der Waals surface area (Å²) in [6.45, 7) is 1.71. The molecule has 0 aromatic carbocycles. The summed E-state index contributed by atoms with van der Waals surface area (Å²) in [5.41, 5.74) is 0.100. The maximum absolute atomic E-state index is 11.4. The highest BCUT2D eigenvalue weighted by molar-refractivity contribution is 5.85. The van der Waals surface area contributed by atoms with Crippen molar-refractivity contribution >= 4 is 12.0 Å². The molecule has 0 amide bonds. The molecule has 0 unspecified atom stereocenters. The summed E-state index contributed by atoms with van der Waals surface area (Å²) >= 11 is 0. The SMILES string of the molecule is CC(=O)C12CCC(C=N)(CC1)C2. The van der Waals surface area contributed by atoms with Gasteiger partial charge in [-0.25, -0.2) is 0 Å². The van der Waals surface area contributed by atoms with E-state index in [9.17, 15) is 4.79 Å². The van der Waals surface area contributed by atoms with Crippen LogP contribution in [0.3, 0.4) is 0 Å². The maximum Gasteiger partial charge on any atom is 0.135 e. The van der Waals surface area contributed by atoms with E-state index in [1.54, 1.807) is 13.1 Å². The lowest BCUT2D eigenvalue weighted by molar-refractivity contribution is -0.126. The van der Waals surface area contributed by atoms with Crippen LogP contribution >= 0.6 is 0 Å². The lowest BCUT2D eigenvalue weighted by Crippen LogP contribution is -2.23. The van der Waals surface area contributed by atoms with E-state index in [1.807, 2.05) is 0 Å². The van der Waals surface area contributed by atoms with Gasteiger partial charge >= 0.3 is 0 Å². The van der Waals surface area contributed by atoms with Gasteiger partial charge in [-0.15, -0.1) is 0 Å². The van der Waals surface area contributed by atoms with Crippen LogP contribution in [0, 0.1) is 16.2 Å². The summed E-state index contributed by atoms with van der Waals surface area (Å²) in [5, 5.41) is 7.37. The molecule has 2 aliphatic rings. The first kappa shape index (κ1) is 7.96. The van der Waals surface area contributed by atoms with Gasteiger partial charge in [0.1, 0.15) is 5.78 Å². The van der Waals surface area contributed by atoms with Gasteiger partial charge in [0.15, 0.2) is 0 Å². The van der Waals surface area contributed by atoms with E-state index in [0.717, 1.165) is 32.1 Å². The van der Waals surface area contributed by atoms with E-state index in [1.165, 1.54) is 0 Å². The number of carbonyl (C=O) groups excluding carboxylic acids is 1. The predicted octanol–water partition coefficient (Wildman–Crippen LogP) is 2.18. The van der Waals surface area contributed by atoms with Gasteiger partial charge < -0.3 is 5.41 Å². The van der Waals surface area contributed by atoms with Crippen LogP contribution in [0.1, 0.15) is 39.0 Å². The van der Waals surface area contributed by atoms with Crippen LogP contribution in [0.15, 0.2) is 0 Å². The summed E-state index contributed by atoms with van der Waals surface area (Å²) in [6.07, 6.45) is 6.73. The Labute approximate surface area is 72.9 Å². The van der Waals surface area contributed by atoms with E-state index in [2.05, 4.69) is 0 Å². The number of nitrogens with one attached hydrogen (secondary N) is 1. The van der Waals surface area contributed by atoms with Gasteiger partial charge in [-0.2, -0.15) is 0 Å². The van der Waals surface area contributed by atoms with Crippen molar-refractivity contribution in [2.24, 2.45) is 10.8 Å². The quantitative estimate of drug-likeness (QED) is 0.626. The second kappa shape index (κ2) is 2.18. The number of hydrogen-bond donors (Lipinski definition) is 1. The van der Waals surface area contributed by atoms with Gasteiger partial charge in [0.25, 0.3) is 0 Å². The van der Waals surface area contributed by atoms with Crippen molar-refractivity contribution in [3.05, 3.63) is 0 Å². The molecule has 1 N–H and O–H groups in total. The van der Waals surface area contributed by atoms with Crippen molar-refractivity contribution in [1.82, 2.24) is 0 Å². The van der Waals surface area contributed by atoms with Crippen molar-refractivity contribution in [3.63, 3.8) is 0 Å². The number of carbonyl (C=O) groups is 1. The van der Waals surface area contributed by atoms with E-state index in [0.29, 0.717) is 5.78 Å². The molecule has 0 spiro atoms. The molecule has 0 radical (unpaired) electrons. The van der Waals surface area contributed by atoms with Gasteiger partial charge in [0, 0.05) is 17.0 Å². The molecule has 0 heterocycles. The van der Waals surface area contributed by atoms with E-state index in [-0.39, 0.29) is 10.8 Å².